The molecule has 0 bridgehead atoms. The molecule has 0 aromatic heterocycles. The molecule has 2 rings (SSSR count). The first-order valence-electron chi connectivity index (χ1n) is 7.36. The Morgan fingerprint density at radius 3 is 2.48 bits per heavy atom. The summed E-state index contributed by atoms with van der Waals surface area (Å²) in [4.78, 5) is 0. The average molecular weight is 314 g/mol. The Balaban J connectivity index is 1.91. The van der Waals surface area contributed by atoms with E-state index in [1.807, 2.05) is 0 Å². The summed E-state index contributed by atoms with van der Waals surface area (Å²) >= 11 is 0. The number of hydrogen-bond acceptors (Lipinski definition) is 2. The van der Waals surface area contributed by atoms with Crippen LogP contribution in [0.15, 0.2) is 24.3 Å². The Morgan fingerprint density at radius 1 is 1.24 bits per heavy atom. The highest BCUT2D eigenvalue weighted by molar-refractivity contribution is 7.87. The van der Waals surface area contributed by atoms with Crippen molar-refractivity contribution in [1.82, 2.24) is 9.03 Å². The van der Waals surface area contributed by atoms with E-state index < -0.39 is 10.2 Å². The highest BCUT2D eigenvalue weighted by Gasteiger charge is 2.29. The van der Waals surface area contributed by atoms with Crippen LogP contribution < -0.4 is 4.72 Å². The molecule has 1 aliphatic heterocycles. The van der Waals surface area contributed by atoms with Crippen molar-refractivity contribution in [1.29, 1.82) is 0 Å². The Hall–Kier alpha value is -0.980. The molecule has 1 saturated heterocycles. The number of hydrogen-bond donors (Lipinski definition) is 1. The van der Waals surface area contributed by atoms with Crippen LogP contribution in [0.25, 0.3) is 0 Å². The van der Waals surface area contributed by atoms with Crippen LogP contribution in [-0.2, 0) is 16.6 Å². The molecule has 21 heavy (non-hydrogen) atoms. The van der Waals surface area contributed by atoms with Gasteiger partial charge in [-0.2, -0.15) is 12.7 Å². The minimum Gasteiger partial charge on any atom is -0.207 e. The van der Waals surface area contributed by atoms with Crippen molar-refractivity contribution in [2.45, 2.75) is 26.7 Å². The van der Waals surface area contributed by atoms with Crippen molar-refractivity contribution >= 4 is 10.2 Å². The van der Waals surface area contributed by atoms with Gasteiger partial charge in [0.05, 0.1) is 0 Å². The van der Waals surface area contributed by atoms with Crippen molar-refractivity contribution in [3.8, 4) is 0 Å². The second-order valence-electron chi connectivity index (χ2n) is 6.00. The maximum Gasteiger partial charge on any atom is 0.279 e. The van der Waals surface area contributed by atoms with Crippen molar-refractivity contribution < 1.29 is 12.8 Å². The molecule has 0 radical (unpaired) electrons. The fourth-order valence-electron chi connectivity index (χ4n) is 2.91. The van der Waals surface area contributed by atoms with Crippen LogP contribution in [0.4, 0.5) is 4.39 Å². The lowest BCUT2D eigenvalue weighted by Crippen LogP contribution is -2.48. The molecule has 118 valence electrons. The summed E-state index contributed by atoms with van der Waals surface area (Å²) in [6.45, 7) is 5.45. The van der Waals surface area contributed by atoms with Crippen LogP contribution in [0.3, 0.4) is 0 Å². The number of nitrogens with zero attached hydrogens (tertiary/aromatic N) is 1. The van der Waals surface area contributed by atoms with Crippen molar-refractivity contribution in [2.24, 2.45) is 11.8 Å². The Bertz CT molecular complexity index is 567. The van der Waals surface area contributed by atoms with E-state index in [4.69, 9.17) is 0 Å². The molecule has 1 fully saturated rings. The van der Waals surface area contributed by atoms with E-state index in [-0.39, 0.29) is 12.4 Å². The fraction of sp³-hybridized carbons (Fsp3) is 0.600. The van der Waals surface area contributed by atoms with E-state index in [1.165, 1.54) is 10.4 Å². The molecular weight excluding hydrogens is 291 g/mol. The summed E-state index contributed by atoms with van der Waals surface area (Å²) in [5.74, 6) is 0.450. The molecule has 1 aromatic carbocycles. The highest BCUT2D eigenvalue weighted by Crippen LogP contribution is 2.22. The Morgan fingerprint density at radius 2 is 1.86 bits per heavy atom. The van der Waals surface area contributed by atoms with Gasteiger partial charge in [-0.15, -0.1) is 0 Å². The number of benzene rings is 1. The van der Waals surface area contributed by atoms with Crippen LogP contribution in [0, 0.1) is 17.7 Å². The third-order valence-electron chi connectivity index (χ3n) is 3.81. The topological polar surface area (TPSA) is 49.4 Å². The molecule has 1 aromatic rings. The van der Waals surface area contributed by atoms with Gasteiger partial charge in [-0.1, -0.05) is 32.0 Å². The molecule has 1 N–H and O–H groups in total. The van der Waals surface area contributed by atoms with Crippen LogP contribution in [-0.4, -0.2) is 32.4 Å². The highest BCUT2D eigenvalue weighted by atomic mass is 32.2. The lowest BCUT2D eigenvalue weighted by Gasteiger charge is -2.33. The summed E-state index contributed by atoms with van der Waals surface area (Å²) < 4.78 is 42.1. The molecule has 1 aliphatic rings. The van der Waals surface area contributed by atoms with E-state index in [2.05, 4.69) is 18.6 Å². The van der Waals surface area contributed by atoms with Gasteiger partial charge in [-0.05, 0) is 36.3 Å². The van der Waals surface area contributed by atoms with Crippen LogP contribution in [0.1, 0.15) is 25.8 Å². The largest absolute Gasteiger partial charge is 0.279 e. The summed E-state index contributed by atoms with van der Waals surface area (Å²) in [6, 6.07) is 6.44. The van der Waals surface area contributed by atoms with Crippen molar-refractivity contribution in [2.75, 3.05) is 19.6 Å². The van der Waals surface area contributed by atoms with E-state index in [0.29, 0.717) is 36.9 Å². The summed E-state index contributed by atoms with van der Waals surface area (Å²) in [7, 11) is -3.47. The quantitative estimate of drug-likeness (QED) is 0.905. The van der Waals surface area contributed by atoms with Gasteiger partial charge in [-0.3, -0.25) is 0 Å². The monoisotopic (exact) mass is 314 g/mol. The third-order valence-corrected chi connectivity index (χ3v) is 5.36. The number of nitrogens with one attached hydrogen (secondary N) is 1. The van der Waals surface area contributed by atoms with Gasteiger partial charge >= 0.3 is 0 Å². The average Bonchev–Trinajstić information content (AvgIpc) is 2.40. The second-order valence-corrected chi connectivity index (χ2v) is 7.76. The van der Waals surface area contributed by atoms with Crippen LogP contribution >= 0.6 is 0 Å². The SMILES string of the molecule is CC1CC(C)CN(S(=O)(=O)NCCc2ccccc2F)C1. The standard InChI is InChI=1S/C15H23FN2O2S/c1-12-9-13(2)11-18(10-12)21(19,20)17-8-7-14-5-3-4-6-15(14)16/h3-6,12-13,17H,7-11H2,1-2H3. The molecule has 6 heteroatoms. The lowest BCUT2D eigenvalue weighted by atomic mass is 9.94. The summed E-state index contributed by atoms with van der Waals surface area (Å²) in [5, 5.41) is 0. The van der Waals surface area contributed by atoms with Crippen molar-refractivity contribution in [3.05, 3.63) is 35.6 Å². The van der Waals surface area contributed by atoms with Gasteiger partial charge in [0.2, 0.25) is 0 Å². The zero-order valence-corrected chi connectivity index (χ0v) is 13.4. The molecule has 0 spiro atoms. The molecule has 2 unspecified atom stereocenters. The van der Waals surface area contributed by atoms with E-state index in [0.717, 1.165) is 6.42 Å². The zero-order chi connectivity index (χ0) is 15.5. The lowest BCUT2D eigenvalue weighted by molar-refractivity contribution is 0.220. The first-order chi connectivity index (χ1) is 9.88. The van der Waals surface area contributed by atoms with E-state index in [9.17, 15) is 12.8 Å². The van der Waals surface area contributed by atoms with E-state index >= 15 is 0 Å². The molecule has 4 nitrogen and oxygen atoms in total. The first kappa shape index (κ1) is 16.4. The van der Waals surface area contributed by atoms with Gasteiger partial charge in [0.15, 0.2) is 0 Å². The number of rotatable bonds is 5. The van der Waals surface area contributed by atoms with Crippen LogP contribution in [0.2, 0.25) is 0 Å². The Kier molecular flexibility index (Phi) is 5.35. The minimum absolute atomic E-state index is 0.211. The number of halogens is 1. The maximum atomic E-state index is 13.5. The van der Waals surface area contributed by atoms with Gasteiger partial charge in [0, 0.05) is 19.6 Å². The number of piperidine rings is 1. The molecular formula is C15H23FN2O2S. The van der Waals surface area contributed by atoms with Crippen molar-refractivity contribution in [3.63, 3.8) is 0 Å². The molecule has 0 saturated carbocycles. The third kappa shape index (κ3) is 4.49. The zero-order valence-electron chi connectivity index (χ0n) is 12.5. The second kappa shape index (κ2) is 6.85. The Labute approximate surface area is 126 Å². The van der Waals surface area contributed by atoms with E-state index in [1.54, 1.807) is 18.2 Å². The summed E-state index contributed by atoms with van der Waals surface area (Å²) in [5.41, 5.74) is 0.528. The maximum absolute atomic E-state index is 13.5. The first-order valence-corrected chi connectivity index (χ1v) is 8.80. The van der Waals surface area contributed by atoms with Crippen LogP contribution in [0.5, 0.6) is 0 Å². The smallest absolute Gasteiger partial charge is 0.207 e. The predicted molar refractivity (Wildman–Crippen MR) is 81.5 cm³/mol. The minimum atomic E-state index is -3.47. The molecule has 1 heterocycles. The fourth-order valence-corrected chi connectivity index (χ4v) is 4.35. The van der Waals surface area contributed by atoms with Gasteiger partial charge in [-0.25, -0.2) is 9.11 Å². The predicted octanol–water partition coefficient (Wildman–Crippen LogP) is 2.18. The van der Waals surface area contributed by atoms with Gasteiger partial charge < -0.3 is 0 Å². The molecule has 2 atom stereocenters. The molecule has 0 amide bonds. The van der Waals surface area contributed by atoms with Gasteiger partial charge in [0.25, 0.3) is 10.2 Å². The normalized spacial score (nSPS) is 24.1. The molecule has 0 aliphatic carbocycles. The van der Waals surface area contributed by atoms with Gasteiger partial charge in [0.1, 0.15) is 5.82 Å². The summed E-state index contributed by atoms with van der Waals surface area (Å²) in [6.07, 6.45) is 1.41.